The number of nitriles is 1. The molecule has 2 nitrogen and oxygen atoms in total. The second-order valence-electron chi connectivity index (χ2n) is 5.82. The van der Waals surface area contributed by atoms with Gasteiger partial charge in [-0.25, -0.2) is 4.98 Å². The molecule has 0 aliphatic heterocycles. The summed E-state index contributed by atoms with van der Waals surface area (Å²) in [5.41, 5.74) is 6.15. The Kier molecular flexibility index (Phi) is 5.23. The predicted molar refractivity (Wildman–Crippen MR) is 106 cm³/mol. The van der Waals surface area contributed by atoms with E-state index in [2.05, 4.69) is 43.1 Å². The highest BCUT2D eigenvalue weighted by Gasteiger charge is 2.10. The molecule has 0 unspecified atom stereocenters. The molecule has 0 N–H and O–H groups in total. The van der Waals surface area contributed by atoms with Crippen LogP contribution in [0.4, 0.5) is 0 Å². The molecule has 3 aromatic rings. The van der Waals surface area contributed by atoms with E-state index in [4.69, 9.17) is 0 Å². The van der Waals surface area contributed by atoms with Gasteiger partial charge in [-0.2, -0.15) is 5.26 Å². The summed E-state index contributed by atoms with van der Waals surface area (Å²) < 4.78 is 0. The van der Waals surface area contributed by atoms with Crippen molar-refractivity contribution in [2.24, 2.45) is 0 Å². The Morgan fingerprint density at radius 1 is 1.12 bits per heavy atom. The first-order valence-corrected chi connectivity index (χ1v) is 8.92. The first kappa shape index (κ1) is 16.9. The zero-order valence-corrected chi connectivity index (χ0v) is 15.0. The first-order valence-electron chi connectivity index (χ1n) is 8.04. The van der Waals surface area contributed by atoms with E-state index in [1.54, 1.807) is 0 Å². The molecule has 1 aromatic heterocycles. The number of allylic oxidation sites excluding steroid dienone is 3. The molecule has 3 heteroatoms. The van der Waals surface area contributed by atoms with Gasteiger partial charge in [0.25, 0.3) is 0 Å². The van der Waals surface area contributed by atoms with Crippen LogP contribution in [-0.2, 0) is 0 Å². The topological polar surface area (TPSA) is 36.7 Å². The van der Waals surface area contributed by atoms with Crippen molar-refractivity contribution in [1.82, 2.24) is 4.98 Å². The van der Waals surface area contributed by atoms with E-state index in [1.165, 1.54) is 22.5 Å². The van der Waals surface area contributed by atoms with Gasteiger partial charge < -0.3 is 0 Å². The van der Waals surface area contributed by atoms with Crippen LogP contribution in [0.2, 0.25) is 0 Å². The van der Waals surface area contributed by atoms with Crippen LogP contribution < -0.4 is 0 Å². The number of benzene rings is 2. The fourth-order valence-corrected chi connectivity index (χ4v) is 3.39. The molecule has 0 amide bonds. The molecule has 0 saturated carbocycles. The Bertz CT molecular complexity index is 973. The van der Waals surface area contributed by atoms with Crippen molar-refractivity contribution in [3.05, 3.63) is 87.8 Å². The van der Waals surface area contributed by atoms with Crippen LogP contribution in [0.3, 0.4) is 0 Å². The third-order valence-corrected chi connectivity index (χ3v) is 4.74. The van der Waals surface area contributed by atoms with Crippen molar-refractivity contribution in [3.63, 3.8) is 0 Å². The van der Waals surface area contributed by atoms with Crippen molar-refractivity contribution in [2.45, 2.75) is 13.8 Å². The maximum absolute atomic E-state index is 9.46. The summed E-state index contributed by atoms with van der Waals surface area (Å²) in [6, 6.07) is 18.6. The summed E-state index contributed by atoms with van der Waals surface area (Å²) in [6.07, 6.45) is 5.69. The number of hydrogen-bond donors (Lipinski definition) is 0. The maximum atomic E-state index is 9.46. The van der Waals surface area contributed by atoms with Crippen molar-refractivity contribution < 1.29 is 0 Å². The fraction of sp³-hybridized carbons (Fsp3) is 0.0909. The van der Waals surface area contributed by atoms with Gasteiger partial charge in [0.2, 0.25) is 0 Å². The largest absolute Gasteiger partial charge is 0.235 e. The summed E-state index contributed by atoms with van der Waals surface area (Å²) in [7, 11) is 0. The van der Waals surface area contributed by atoms with E-state index in [0.717, 1.165) is 21.8 Å². The maximum Gasteiger partial charge on any atom is 0.134 e. The zero-order valence-electron chi connectivity index (χ0n) is 14.2. The third-order valence-electron chi connectivity index (χ3n) is 3.86. The highest BCUT2D eigenvalue weighted by molar-refractivity contribution is 7.11. The SMILES string of the molecule is Cc1ccc(-c2csc(/C(C#N)=C/C=C\c3ccccc3)n2)c(C)c1. The molecule has 0 aliphatic carbocycles. The van der Waals surface area contributed by atoms with E-state index in [0.29, 0.717) is 5.57 Å². The second-order valence-corrected chi connectivity index (χ2v) is 6.68. The van der Waals surface area contributed by atoms with Crippen LogP contribution in [0.15, 0.2) is 66.1 Å². The fourth-order valence-electron chi connectivity index (χ4n) is 2.60. The Morgan fingerprint density at radius 2 is 1.92 bits per heavy atom. The van der Waals surface area contributed by atoms with Gasteiger partial charge in [0.15, 0.2) is 0 Å². The van der Waals surface area contributed by atoms with Gasteiger partial charge in [-0.05, 0) is 31.1 Å². The lowest BCUT2D eigenvalue weighted by atomic mass is 10.0. The minimum atomic E-state index is 0.577. The number of nitrogens with zero attached hydrogens (tertiary/aromatic N) is 2. The number of rotatable bonds is 4. The Hall–Kier alpha value is -2.96. The molecule has 0 atom stereocenters. The average Bonchev–Trinajstić information content (AvgIpc) is 3.09. The van der Waals surface area contributed by atoms with E-state index in [1.807, 2.05) is 53.9 Å². The molecule has 0 aliphatic rings. The Balaban J connectivity index is 1.85. The summed E-state index contributed by atoms with van der Waals surface area (Å²) >= 11 is 1.50. The lowest BCUT2D eigenvalue weighted by Crippen LogP contribution is -1.86. The van der Waals surface area contributed by atoms with Gasteiger partial charge in [-0.15, -0.1) is 11.3 Å². The number of thiazole rings is 1. The summed E-state index contributed by atoms with van der Waals surface area (Å²) in [4.78, 5) is 4.66. The third kappa shape index (κ3) is 4.12. The monoisotopic (exact) mass is 342 g/mol. The minimum Gasteiger partial charge on any atom is -0.235 e. The van der Waals surface area contributed by atoms with Crippen molar-refractivity contribution in [2.75, 3.05) is 0 Å². The van der Waals surface area contributed by atoms with E-state index < -0.39 is 0 Å². The summed E-state index contributed by atoms with van der Waals surface area (Å²) in [5.74, 6) is 0. The second kappa shape index (κ2) is 7.74. The highest BCUT2D eigenvalue weighted by Crippen LogP contribution is 2.28. The molecular weight excluding hydrogens is 324 g/mol. The molecule has 0 bridgehead atoms. The van der Waals surface area contributed by atoms with Crippen LogP contribution in [0.25, 0.3) is 22.9 Å². The van der Waals surface area contributed by atoms with Gasteiger partial charge >= 0.3 is 0 Å². The van der Waals surface area contributed by atoms with Gasteiger partial charge in [0, 0.05) is 10.9 Å². The van der Waals surface area contributed by atoms with Crippen molar-refractivity contribution in [1.29, 1.82) is 5.26 Å². The van der Waals surface area contributed by atoms with Crippen LogP contribution in [0.1, 0.15) is 21.7 Å². The van der Waals surface area contributed by atoms with Gasteiger partial charge in [0.1, 0.15) is 11.1 Å². The molecule has 25 heavy (non-hydrogen) atoms. The quantitative estimate of drug-likeness (QED) is 0.427. The van der Waals surface area contributed by atoms with Crippen LogP contribution >= 0.6 is 11.3 Å². The molecule has 0 radical (unpaired) electrons. The first-order chi connectivity index (χ1) is 12.2. The molecule has 1 heterocycles. The number of hydrogen-bond acceptors (Lipinski definition) is 3. The van der Waals surface area contributed by atoms with Crippen molar-refractivity contribution >= 4 is 23.0 Å². The predicted octanol–water partition coefficient (Wildman–Crippen LogP) is 6.05. The van der Waals surface area contributed by atoms with Crippen LogP contribution in [-0.4, -0.2) is 4.98 Å². The lowest BCUT2D eigenvalue weighted by molar-refractivity contribution is 1.32. The highest BCUT2D eigenvalue weighted by atomic mass is 32.1. The van der Waals surface area contributed by atoms with Gasteiger partial charge in [-0.1, -0.05) is 66.2 Å². The summed E-state index contributed by atoms with van der Waals surface area (Å²) in [6.45, 7) is 4.17. The minimum absolute atomic E-state index is 0.577. The number of aromatic nitrogens is 1. The van der Waals surface area contributed by atoms with Crippen LogP contribution in [0.5, 0.6) is 0 Å². The molecule has 0 fully saturated rings. The number of aryl methyl sites for hydroxylation is 2. The average molecular weight is 342 g/mol. The van der Waals surface area contributed by atoms with E-state index in [-0.39, 0.29) is 0 Å². The molecule has 0 saturated heterocycles. The van der Waals surface area contributed by atoms with E-state index in [9.17, 15) is 5.26 Å². The summed E-state index contributed by atoms with van der Waals surface area (Å²) in [5, 5.41) is 12.2. The zero-order chi connectivity index (χ0) is 17.6. The lowest BCUT2D eigenvalue weighted by Gasteiger charge is -2.03. The molecule has 3 rings (SSSR count). The van der Waals surface area contributed by atoms with Gasteiger partial charge in [-0.3, -0.25) is 0 Å². The van der Waals surface area contributed by atoms with Crippen LogP contribution in [0, 0.1) is 25.2 Å². The van der Waals surface area contributed by atoms with Gasteiger partial charge in [0.05, 0.1) is 11.3 Å². The Labute approximate surface area is 152 Å². The van der Waals surface area contributed by atoms with E-state index >= 15 is 0 Å². The molecule has 2 aromatic carbocycles. The standard InChI is InChI=1S/C22H18N2S/c1-16-11-12-20(17(2)13-16)21-15-25-22(24-21)19(14-23)10-6-9-18-7-4-3-5-8-18/h3-13,15H,1-2H3/b9-6-,19-10+. The molecule has 0 spiro atoms. The van der Waals surface area contributed by atoms with Crippen molar-refractivity contribution in [3.8, 4) is 17.3 Å². The molecular formula is C22H18N2S. The Morgan fingerprint density at radius 3 is 2.64 bits per heavy atom. The molecule has 122 valence electrons. The smallest absolute Gasteiger partial charge is 0.134 e. The normalized spacial score (nSPS) is 11.6.